The fourth-order valence-electron chi connectivity index (χ4n) is 2.99. The van der Waals surface area contributed by atoms with Gasteiger partial charge in [-0.3, -0.25) is 9.89 Å². The largest absolute Gasteiger partial charge is 0.511 e. The van der Waals surface area contributed by atoms with Gasteiger partial charge in [0.05, 0.1) is 10.9 Å². The summed E-state index contributed by atoms with van der Waals surface area (Å²) >= 11 is 0. The van der Waals surface area contributed by atoms with Crippen molar-refractivity contribution in [1.29, 1.82) is 0 Å². The number of rotatable bonds is 4. The van der Waals surface area contributed by atoms with Crippen LogP contribution in [-0.2, 0) is 13.0 Å². The highest BCUT2D eigenvalue weighted by molar-refractivity contribution is 5.85. The van der Waals surface area contributed by atoms with Crippen LogP contribution < -0.4 is 15.6 Å². The molecule has 0 aliphatic rings. The molecule has 0 atom stereocenters. The molecule has 1 heterocycles. The van der Waals surface area contributed by atoms with E-state index >= 15 is 0 Å². The van der Waals surface area contributed by atoms with E-state index in [1.165, 1.54) is 18.2 Å². The summed E-state index contributed by atoms with van der Waals surface area (Å²) in [5, 5.41) is 14.3. The first-order chi connectivity index (χ1) is 12.9. The number of fused-ring (bicyclic) bond motifs is 1. The molecule has 0 saturated heterocycles. The zero-order valence-electron chi connectivity index (χ0n) is 14.9. The Morgan fingerprint density at radius 3 is 2.74 bits per heavy atom. The summed E-state index contributed by atoms with van der Waals surface area (Å²) in [5.41, 5.74) is 3.04. The molecule has 8 nitrogen and oxygen atoms in total. The molecule has 3 N–H and O–H groups in total. The average molecular weight is 369 g/mol. The molecular weight excluding hydrogens is 350 g/mol. The number of ether oxygens (including phenoxy) is 1. The predicted molar refractivity (Wildman–Crippen MR) is 99.4 cm³/mol. The second-order valence-electron chi connectivity index (χ2n) is 6.05. The van der Waals surface area contributed by atoms with E-state index in [1.54, 1.807) is 0 Å². The van der Waals surface area contributed by atoms with E-state index in [9.17, 15) is 14.4 Å². The van der Waals surface area contributed by atoms with Crippen LogP contribution in [0.5, 0.6) is 5.75 Å². The van der Waals surface area contributed by atoms with Gasteiger partial charge in [-0.25, -0.2) is 9.59 Å². The van der Waals surface area contributed by atoms with Crippen LogP contribution in [0.25, 0.3) is 10.9 Å². The van der Waals surface area contributed by atoms with Gasteiger partial charge in [0.2, 0.25) is 0 Å². The number of carbonyl (C=O) groups is 2. The van der Waals surface area contributed by atoms with Crippen molar-refractivity contribution in [2.45, 2.75) is 26.8 Å². The van der Waals surface area contributed by atoms with Crippen LogP contribution in [0, 0.1) is 6.92 Å². The molecule has 8 heteroatoms. The van der Waals surface area contributed by atoms with E-state index in [4.69, 9.17) is 5.11 Å². The summed E-state index contributed by atoms with van der Waals surface area (Å²) in [6, 6.07) is 9.52. The van der Waals surface area contributed by atoms with Crippen molar-refractivity contribution >= 4 is 23.1 Å². The molecule has 3 aromatic rings. The number of H-pyrrole nitrogens is 1. The van der Waals surface area contributed by atoms with Gasteiger partial charge in [0.15, 0.2) is 0 Å². The van der Waals surface area contributed by atoms with Crippen molar-refractivity contribution in [3.05, 3.63) is 63.4 Å². The van der Waals surface area contributed by atoms with Crippen molar-refractivity contribution in [2.24, 2.45) is 0 Å². The number of aromatic nitrogens is 2. The number of carbonyl (C=O) groups excluding carboxylic acids is 1. The number of hydrogen-bond donors (Lipinski definition) is 3. The van der Waals surface area contributed by atoms with Gasteiger partial charge in [-0.15, -0.1) is 0 Å². The SMILES string of the molecule is CCc1cccc(C)c1CNC(=O)n1[nH]c2ccc(OC(=O)O)cc2c1=O. The Bertz CT molecular complexity index is 1080. The lowest BCUT2D eigenvalue weighted by Crippen LogP contribution is -2.35. The van der Waals surface area contributed by atoms with Gasteiger partial charge in [-0.1, -0.05) is 25.1 Å². The highest BCUT2D eigenvalue weighted by Crippen LogP contribution is 2.17. The summed E-state index contributed by atoms with van der Waals surface area (Å²) in [7, 11) is 0. The zero-order valence-corrected chi connectivity index (χ0v) is 14.9. The highest BCUT2D eigenvalue weighted by atomic mass is 16.7. The van der Waals surface area contributed by atoms with Crippen LogP contribution in [0.1, 0.15) is 23.6 Å². The molecule has 2 aromatic carbocycles. The normalized spacial score (nSPS) is 10.7. The first-order valence-electron chi connectivity index (χ1n) is 8.41. The molecular formula is C19H19N3O5. The Hall–Kier alpha value is -3.55. The third-order valence-electron chi connectivity index (χ3n) is 4.37. The topological polar surface area (TPSA) is 113 Å². The van der Waals surface area contributed by atoms with Gasteiger partial charge in [-0.2, -0.15) is 4.68 Å². The molecule has 27 heavy (non-hydrogen) atoms. The Morgan fingerprint density at radius 1 is 1.26 bits per heavy atom. The third-order valence-corrected chi connectivity index (χ3v) is 4.37. The number of hydrogen-bond acceptors (Lipinski definition) is 4. The second-order valence-corrected chi connectivity index (χ2v) is 6.05. The molecule has 140 valence electrons. The summed E-state index contributed by atoms with van der Waals surface area (Å²) < 4.78 is 5.41. The molecule has 0 aliphatic carbocycles. The number of benzene rings is 2. The summed E-state index contributed by atoms with van der Waals surface area (Å²) in [6.45, 7) is 4.31. The zero-order chi connectivity index (χ0) is 19.6. The van der Waals surface area contributed by atoms with E-state index in [2.05, 4.69) is 15.2 Å². The van der Waals surface area contributed by atoms with Crippen LogP contribution >= 0.6 is 0 Å². The van der Waals surface area contributed by atoms with Gasteiger partial charge in [-0.05, 0) is 48.2 Å². The Labute approximate surface area is 154 Å². The molecule has 0 unspecified atom stereocenters. The van der Waals surface area contributed by atoms with Gasteiger partial charge in [0.1, 0.15) is 5.75 Å². The first-order valence-corrected chi connectivity index (χ1v) is 8.41. The smallest absolute Gasteiger partial charge is 0.449 e. The number of nitrogens with one attached hydrogen (secondary N) is 2. The van der Waals surface area contributed by atoms with Crippen molar-refractivity contribution in [1.82, 2.24) is 15.1 Å². The standard InChI is InChI=1S/C19H19N3O5/c1-3-12-6-4-5-11(2)15(12)10-20-18(24)22-17(23)14-9-13(27-19(25)26)7-8-16(14)21-22/h4-9,21H,3,10H2,1-2H3,(H,20,24)(H,25,26). The monoisotopic (exact) mass is 369 g/mol. The maximum Gasteiger partial charge on any atom is 0.511 e. The number of carboxylic acid groups (broad SMARTS) is 1. The van der Waals surface area contributed by atoms with Gasteiger partial charge in [0.25, 0.3) is 5.56 Å². The van der Waals surface area contributed by atoms with Crippen LogP contribution in [0.15, 0.2) is 41.2 Å². The number of nitrogens with zero attached hydrogens (tertiary/aromatic N) is 1. The molecule has 0 saturated carbocycles. The fraction of sp³-hybridized carbons (Fsp3) is 0.211. The van der Waals surface area contributed by atoms with Crippen LogP contribution in [-0.4, -0.2) is 27.1 Å². The molecule has 1 aromatic heterocycles. The van der Waals surface area contributed by atoms with Crippen molar-refractivity contribution in [3.63, 3.8) is 0 Å². The fourth-order valence-corrected chi connectivity index (χ4v) is 2.99. The Balaban J connectivity index is 1.85. The van der Waals surface area contributed by atoms with Gasteiger partial charge < -0.3 is 15.2 Å². The summed E-state index contributed by atoms with van der Waals surface area (Å²) in [6.07, 6.45) is -0.640. The summed E-state index contributed by atoms with van der Waals surface area (Å²) in [5.74, 6) is 0.00570. The van der Waals surface area contributed by atoms with E-state index < -0.39 is 17.7 Å². The predicted octanol–water partition coefficient (Wildman–Crippen LogP) is 3.02. The van der Waals surface area contributed by atoms with E-state index in [0.717, 1.165) is 27.8 Å². The number of aryl methyl sites for hydroxylation is 2. The van der Waals surface area contributed by atoms with Crippen molar-refractivity contribution < 1.29 is 19.4 Å². The van der Waals surface area contributed by atoms with Crippen molar-refractivity contribution in [3.8, 4) is 5.75 Å². The molecule has 1 amide bonds. The lowest BCUT2D eigenvalue weighted by Gasteiger charge is -2.12. The molecule has 0 aliphatic heterocycles. The Morgan fingerprint density at radius 2 is 2.04 bits per heavy atom. The quantitative estimate of drug-likeness (QED) is 0.483. The molecule has 0 radical (unpaired) electrons. The molecule has 0 bridgehead atoms. The summed E-state index contributed by atoms with van der Waals surface area (Å²) in [4.78, 5) is 35.6. The van der Waals surface area contributed by atoms with E-state index in [0.29, 0.717) is 12.1 Å². The maximum atomic E-state index is 12.5. The van der Waals surface area contributed by atoms with Crippen LogP contribution in [0.3, 0.4) is 0 Å². The number of aromatic amines is 1. The van der Waals surface area contributed by atoms with E-state index in [-0.39, 0.29) is 11.1 Å². The van der Waals surface area contributed by atoms with Crippen LogP contribution in [0.2, 0.25) is 0 Å². The van der Waals surface area contributed by atoms with Gasteiger partial charge in [0, 0.05) is 6.54 Å². The molecule has 0 spiro atoms. The van der Waals surface area contributed by atoms with Gasteiger partial charge >= 0.3 is 12.2 Å². The lowest BCUT2D eigenvalue weighted by molar-refractivity contribution is 0.144. The Kier molecular flexibility index (Phi) is 4.98. The highest BCUT2D eigenvalue weighted by Gasteiger charge is 2.15. The minimum Gasteiger partial charge on any atom is -0.449 e. The third kappa shape index (κ3) is 3.69. The first kappa shape index (κ1) is 18.2. The second kappa shape index (κ2) is 7.36. The molecule has 3 rings (SSSR count). The lowest BCUT2D eigenvalue weighted by atomic mass is 10.0. The number of amides is 1. The van der Waals surface area contributed by atoms with E-state index in [1.807, 2.05) is 32.0 Å². The minimum atomic E-state index is -1.48. The van der Waals surface area contributed by atoms with Crippen molar-refractivity contribution in [2.75, 3.05) is 0 Å². The minimum absolute atomic E-state index is 0.00570. The molecule has 0 fully saturated rings. The maximum absolute atomic E-state index is 12.5. The van der Waals surface area contributed by atoms with Crippen LogP contribution in [0.4, 0.5) is 9.59 Å². The average Bonchev–Trinajstić information content (AvgIpc) is 2.96.